The van der Waals surface area contributed by atoms with Crippen LogP contribution in [0.4, 0.5) is 28.4 Å². The van der Waals surface area contributed by atoms with E-state index in [1.165, 1.54) is 22.4 Å². The first-order valence-corrected chi connectivity index (χ1v) is 23.7. The van der Waals surface area contributed by atoms with E-state index >= 15 is 0 Å². The third-order valence-electron chi connectivity index (χ3n) is 14.6. The standard InChI is InChI=1S/C63H51N5/c1-62(2)49-34-14-18-38-53(49)67(54-39-19-15-35-50(54)62)57-45(42-24-8-5-9-25-42)30-22-32-47(57)60-64-59(44-28-12-7-13-29-44)65-61(66-60)48-33-23-31-46(43-26-10-6-11-27-43)58(48)68-55-40-20-16-36-51(55)63(3,4)52-37-17-21-41-56(52)68/h5-41,49,53H,1-4H3. The van der Waals surface area contributed by atoms with Gasteiger partial charge in [0.15, 0.2) is 17.5 Å². The first-order chi connectivity index (χ1) is 33.3. The molecule has 0 bridgehead atoms. The van der Waals surface area contributed by atoms with Crippen LogP contribution in [0.5, 0.6) is 0 Å². The van der Waals surface area contributed by atoms with E-state index in [1.54, 1.807) is 0 Å². The predicted octanol–water partition coefficient (Wildman–Crippen LogP) is 15.9. The number of benzene rings is 8. The number of para-hydroxylation sites is 5. The van der Waals surface area contributed by atoms with E-state index in [1.807, 2.05) is 6.07 Å². The molecule has 0 radical (unpaired) electrons. The average Bonchev–Trinajstić information content (AvgIpc) is 3.39. The normalized spacial score (nSPS) is 17.2. The van der Waals surface area contributed by atoms with Gasteiger partial charge in [0.05, 0.1) is 28.8 Å². The largest absolute Gasteiger partial charge is 0.332 e. The fourth-order valence-electron chi connectivity index (χ4n) is 11.2. The molecule has 0 N–H and O–H groups in total. The van der Waals surface area contributed by atoms with E-state index in [-0.39, 0.29) is 22.8 Å². The Morgan fingerprint density at radius 1 is 0.368 bits per heavy atom. The average molecular weight is 878 g/mol. The van der Waals surface area contributed by atoms with Crippen LogP contribution in [0.1, 0.15) is 44.4 Å². The zero-order chi connectivity index (χ0) is 46.0. The van der Waals surface area contributed by atoms with Crippen LogP contribution >= 0.6 is 0 Å². The Bertz CT molecular complexity index is 3380. The molecule has 1 aromatic heterocycles. The fraction of sp³-hybridized carbons (Fsp3) is 0.127. The van der Waals surface area contributed by atoms with Gasteiger partial charge in [0.1, 0.15) is 0 Å². The number of nitrogens with zero attached hydrogens (tertiary/aromatic N) is 5. The van der Waals surface area contributed by atoms with Gasteiger partial charge in [-0.3, -0.25) is 0 Å². The topological polar surface area (TPSA) is 45.2 Å². The van der Waals surface area contributed by atoms with Crippen LogP contribution < -0.4 is 9.80 Å². The van der Waals surface area contributed by atoms with Crippen molar-refractivity contribution in [1.82, 2.24) is 15.0 Å². The summed E-state index contributed by atoms with van der Waals surface area (Å²) in [5.74, 6) is 2.01. The summed E-state index contributed by atoms with van der Waals surface area (Å²) in [6, 6.07) is 71.7. The molecule has 3 heterocycles. The van der Waals surface area contributed by atoms with E-state index in [4.69, 9.17) is 15.0 Å². The molecule has 68 heavy (non-hydrogen) atoms. The second-order valence-corrected chi connectivity index (χ2v) is 19.2. The van der Waals surface area contributed by atoms with Gasteiger partial charge in [-0.15, -0.1) is 0 Å². The highest BCUT2D eigenvalue weighted by Gasteiger charge is 2.46. The van der Waals surface area contributed by atoms with Gasteiger partial charge in [-0.1, -0.05) is 222 Å². The number of aromatic nitrogens is 3. The van der Waals surface area contributed by atoms with Crippen LogP contribution in [0.2, 0.25) is 0 Å². The maximum Gasteiger partial charge on any atom is 0.166 e. The van der Waals surface area contributed by atoms with Gasteiger partial charge < -0.3 is 9.80 Å². The van der Waals surface area contributed by atoms with Gasteiger partial charge in [-0.05, 0) is 58.1 Å². The zero-order valence-electron chi connectivity index (χ0n) is 38.8. The number of rotatable bonds is 7. The highest BCUT2D eigenvalue weighted by atomic mass is 15.2. The van der Waals surface area contributed by atoms with Crippen LogP contribution in [0.25, 0.3) is 56.4 Å². The lowest BCUT2D eigenvalue weighted by Gasteiger charge is -2.51. The molecule has 2 aliphatic heterocycles. The number of allylic oxidation sites excluding steroid dienone is 2. The summed E-state index contributed by atoms with van der Waals surface area (Å²) >= 11 is 0. The lowest BCUT2D eigenvalue weighted by Crippen LogP contribution is -2.50. The summed E-state index contributed by atoms with van der Waals surface area (Å²) in [7, 11) is 0. The highest BCUT2D eigenvalue weighted by molar-refractivity contribution is 6.00. The molecule has 3 aliphatic rings. The molecule has 1 aliphatic carbocycles. The summed E-state index contributed by atoms with van der Waals surface area (Å²) in [4.78, 5) is 21.7. The molecule has 5 heteroatoms. The Balaban J connectivity index is 1.17. The molecule has 0 saturated carbocycles. The molecule has 0 fully saturated rings. The first kappa shape index (κ1) is 41.3. The van der Waals surface area contributed by atoms with E-state index < -0.39 is 0 Å². The Morgan fingerprint density at radius 3 is 1.37 bits per heavy atom. The molecule has 12 rings (SSSR count). The second kappa shape index (κ2) is 16.3. The van der Waals surface area contributed by atoms with Crippen molar-refractivity contribution in [1.29, 1.82) is 0 Å². The third kappa shape index (κ3) is 6.64. The van der Waals surface area contributed by atoms with Crippen LogP contribution in [0.3, 0.4) is 0 Å². The Hall–Kier alpha value is -8.15. The van der Waals surface area contributed by atoms with Crippen LogP contribution in [-0.2, 0) is 10.8 Å². The lowest BCUT2D eigenvalue weighted by molar-refractivity contribution is 0.332. The van der Waals surface area contributed by atoms with E-state index in [2.05, 4.69) is 256 Å². The third-order valence-corrected chi connectivity index (χ3v) is 14.6. The van der Waals surface area contributed by atoms with Crippen molar-refractivity contribution in [2.24, 2.45) is 5.92 Å². The summed E-state index contributed by atoms with van der Waals surface area (Å²) < 4.78 is 0. The van der Waals surface area contributed by atoms with Gasteiger partial charge >= 0.3 is 0 Å². The number of anilines is 5. The fourth-order valence-corrected chi connectivity index (χ4v) is 11.2. The van der Waals surface area contributed by atoms with Crippen molar-refractivity contribution in [3.05, 3.63) is 241 Å². The van der Waals surface area contributed by atoms with E-state index in [9.17, 15) is 0 Å². The quantitative estimate of drug-likeness (QED) is 0.160. The molecule has 5 nitrogen and oxygen atoms in total. The molecule has 2 unspecified atom stereocenters. The minimum Gasteiger partial charge on any atom is -0.332 e. The van der Waals surface area contributed by atoms with Crippen molar-refractivity contribution >= 4 is 28.4 Å². The van der Waals surface area contributed by atoms with Crippen LogP contribution in [-0.4, -0.2) is 21.0 Å². The highest BCUT2D eigenvalue weighted by Crippen LogP contribution is 2.57. The summed E-state index contributed by atoms with van der Waals surface area (Å²) in [6.07, 6.45) is 9.19. The van der Waals surface area contributed by atoms with Gasteiger partial charge in [-0.25, -0.2) is 15.0 Å². The second-order valence-electron chi connectivity index (χ2n) is 19.2. The minimum absolute atomic E-state index is 0.0288. The number of hydrogen-bond acceptors (Lipinski definition) is 5. The van der Waals surface area contributed by atoms with Crippen molar-refractivity contribution in [3.8, 4) is 56.4 Å². The van der Waals surface area contributed by atoms with Crippen molar-refractivity contribution < 1.29 is 0 Å². The summed E-state index contributed by atoms with van der Waals surface area (Å²) in [5.41, 5.74) is 16.2. The summed E-state index contributed by atoms with van der Waals surface area (Å²) in [6.45, 7) is 9.45. The Morgan fingerprint density at radius 2 is 0.794 bits per heavy atom. The van der Waals surface area contributed by atoms with Crippen molar-refractivity contribution in [3.63, 3.8) is 0 Å². The van der Waals surface area contributed by atoms with Gasteiger partial charge in [0.2, 0.25) is 0 Å². The van der Waals surface area contributed by atoms with Crippen LogP contribution in [0.15, 0.2) is 224 Å². The number of fused-ring (bicyclic) bond motifs is 4. The zero-order valence-corrected chi connectivity index (χ0v) is 38.8. The monoisotopic (exact) mass is 877 g/mol. The minimum atomic E-state index is -0.239. The first-order valence-electron chi connectivity index (χ1n) is 23.7. The molecular weight excluding hydrogens is 827 g/mol. The lowest BCUT2D eigenvalue weighted by atomic mass is 9.65. The Kier molecular flexibility index (Phi) is 9.91. The smallest absolute Gasteiger partial charge is 0.166 e. The number of hydrogen-bond donors (Lipinski definition) is 0. The van der Waals surface area contributed by atoms with E-state index in [0.717, 1.165) is 61.7 Å². The molecule has 0 amide bonds. The molecule has 8 aromatic carbocycles. The summed E-state index contributed by atoms with van der Waals surface area (Å²) in [5, 5.41) is 0. The molecule has 0 saturated heterocycles. The van der Waals surface area contributed by atoms with E-state index in [0.29, 0.717) is 17.5 Å². The van der Waals surface area contributed by atoms with Gasteiger partial charge in [0, 0.05) is 50.3 Å². The molecule has 2 atom stereocenters. The van der Waals surface area contributed by atoms with Crippen LogP contribution in [0, 0.1) is 5.92 Å². The maximum absolute atomic E-state index is 5.70. The Labute approximate surface area is 399 Å². The van der Waals surface area contributed by atoms with Crippen molar-refractivity contribution in [2.75, 3.05) is 9.80 Å². The molecule has 9 aromatic rings. The SMILES string of the molecule is CC1(C)c2ccccc2N(c2c(-c3ccccc3)cccc2-c2nc(-c3ccccc3)nc(-c3cccc(-c4ccccc4)c3N3c4ccccc4C(C)(C)C4C=CC=CC43)n2)c2ccccc21. The maximum atomic E-state index is 5.70. The predicted molar refractivity (Wildman–Crippen MR) is 281 cm³/mol. The van der Waals surface area contributed by atoms with Gasteiger partial charge in [0.25, 0.3) is 0 Å². The molecular formula is C63H51N5. The molecule has 0 spiro atoms. The molecule has 328 valence electrons. The van der Waals surface area contributed by atoms with Gasteiger partial charge in [-0.2, -0.15) is 0 Å². The van der Waals surface area contributed by atoms with Crippen molar-refractivity contribution in [2.45, 2.75) is 44.6 Å².